The van der Waals surface area contributed by atoms with Gasteiger partial charge in [0.15, 0.2) is 0 Å². The number of hydrogen-bond donors (Lipinski definition) is 1. The molecule has 1 heterocycles. The summed E-state index contributed by atoms with van der Waals surface area (Å²) in [5.41, 5.74) is 0.415. The summed E-state index contributed by atoms with van der Waals surface area (Å²) in [6.07, 6.45) is 1.58. The fourth-order valence-electron chi connectivity index (χ4n) is 1.98. The highest BCUT2D eigenvalue weighted by molar-refractivity contribution is 7.89. The number of sulfonamides is 1. The van der Waals surface area contributed by atoms with Crippen LogP contribution in [0.2, 0.25) is 0 Å². The van der Waals surface area contributed by atoms with Crippen molar-refractivity contribution in [1.29, 1.82) is 0 Å². The summed E-state index contributed by atoms with van der Waals surface area (Å²) in [6, 6.07) is 5.92. The molecule has 7 heteroatoms. The van der Waals surface area contributed by atoms with Gasteiger partial charge in [-0.25, -0.2) is 8.42 Å². The second kappa shape index (κ2) is 6.84. The number of rotatable bonds is 5. The molecule has 0 radical (unpaired) electrons. The Balaban J connectivity index is 2.14. The lowest BCUT2D eigenvalue weighted by Gasteiger charge is -2.26. The lowest BCUT2D eigenvalue weighted by molar-refractivity contribution is 0.0730. The van der Waals surface area contributed by atoms with Gasteiger partial charge in [-0.2, -0.15) is 4.31 Å². The quantitative estimate of drug-likeness (QED) is 0.809. The minimum atomic E-state index is -3.52. The molecule has 1 aliphatic heterocycles. The van der Waals surface area contributed by atoms with Crippen molar-refractivity contribution in [3.63, 3.8) is 0 Å². The predicted molar refractivity (Wildman–Crippen MR) is 78.6 cm³/mol. The first-order valence-electron chi connectivity index (χ1n) is 6.63. The number of carbonyl (C=O) groups excluding carboxylic acids is 1. The van der Waals surface area contributed by atoms with Crippen molar-refractivity contribution in [2.45, 2.75) is 4.90 Å². The van der Waals surface area contributed by atoms with E-state index in [1.807, 2.05) is 0 Å². The van der Waals surface area contributed by atoms with Crippen LogP contribution in [0.5, 0.6) is 0 Å². The van der Waals surface area contributed by atoms with Gasteiger partial charge in [0.1, 0.15) is 0 Å². The third-order valence-electron chi connectivity index (χ3n) is 3.13. The molecular formula is C14H18N2O4S. The number of hydrogen-bond acceptors (Lipinski definition) is 4. The fraction of sp³-hybridized carbons (Fsp3) is 0.357. The highest BCUT2D eigenvalue weighted by atomic mass is 32.2. The molecule has 1 fully saturated rings. The zero-order valence-corrected chi connectivity index (χ0v) is 12.4. The normalized spacial score (nSPS) is 16.4. The topological polar surface area (TPSA) is 75.7 Å². The van der Waals surface area contributed by atoms with Crippen LogP contribution in [-0.2, 0) is 14.8 Å². The van der Waals surface area contributed by atoms with Crippen molar-refractivity contribution in [1.82, 2.24) is 9.62 Å². The lowest BCUT2D eigenvalue weighted by Crippen LogP contribution is -2.40. The van der Waals surface area contributed by atoms with Crippen LogP contribution in [0.15, 0.2) is 41.8 Å². The first-order valence-corrected chi connectivity index (χ1v) is 8.07. The van der Waals surface area contributed by atoms with Crippen molar-refractivity contribution in [3.05, 3.63) is 42.5 Å². The van der Waals surface area contributed by atoms with E-state index in [0.717, 1.165) is 0 Å². The van der Waals surface area contributed by atoms with E-state index in [-0.39, 0.29) is 10.8 Å². The van der Waals surface area contributed by atoms with Gasteiger partial charge >= 0.3 is 0 Å². The van der Waals surface area contributed by atoms with Crippen LogP contribution in [-0.4, -0.2) is 51.5 Å². The molecular weight excluding hydrogens is 292 g/mol. The molecule has 0 bridgehead atoms. The summed E-state index contributed by atoms with van der Waals surface area (Å²) >= 11 is 0. The van der Waals surface area contributed by atoms with Gasteiger partial charge in [-0.1, -0.05) is 6.08 Å². The molecule has 0 aliphatic carbocycles. The lowest BCUT2D eigenvalue weighted by atomic mass is 10.2. The number of carbonyl (C=O) groups is 1. The molecule has 1 N–H and O–H groups in total. The average Bonchev–Trinajstić information content (AvgIpc) is 2.53. The van der Waals surface area contributed by atoms with Gasteiger partial charge in [0, 0.05) is 25.2 Å². The van der Waals surface area contributed by atoms with Gasteiger partial charge in [-0.05, 0) is 24.3 Å². The van der Waals surface area contributed by atoms with Crippen molar-refractivity contribution < 1.29 is 17.9 Å². The molecule has 0 aromatic heterocycles. The van der Waals surface area contributed by atoms with Crippen LogP contribution < -0.4 is 5.32 Å². The summed E-state index contributed by atoms with van der Waals surface area (Å²) < 4.78 is 31.3. The van der Waals surface area contributed by atoms with Crippen molar-refractivity contribution >= 4 is 15.9 Å². The monoisotopic (exact) mass is 310 g/mol. The zero-order chi connectivity index (χ0) is 15.3. The van der Waals surface area contributed by atoms with E-state index in [9.17, 15) is 13.2 Å². The first-order chi connectivity index (χ1) is 10.1. The molecule has 0 unspecified atom stereocenters. The number of morpholine rings is 1. The van der Waals surface area contributed by atoms with Gasteiger partial charge < -0.3 is 10.1 Å². The van der Waals surface area contributed by atoms with Crippen LogP contribution in [0.4, 0.5) is 0 Å². The van der Waals surface area contributed by atoms with Gasteiger partial charge in [0.05, 0.1) is 18.1 Å². The third kappa shape index (κ3) is 3.69. The molecule has 1 amide bonds. The second-order valence-electron chi connectivity index (χ2n) is 4.54. The maximum Gasteiger partial charge on any atom is 0.251 e. The Hall–Kier alpha value is -1.70. The van der Waals surface area contributed by atoms with Gasteiger partial charge in [0.25, 0.3) is 5.91 Å². The second-order valence-corrected chi connectivity index (χ2v) is 6.48. The Bertz CT molecular complexity index is 604. The highest BCUT2D eigenvalue weighted by Gasteiger charge is 2.26. The molecule has 6 nitrogen and oxygen atoms in total. The number of amides is 1. The Morgan fingerprint density at radius 3 is 2.48 bits per heavy atom. The molecule has 0 saturated carbocycles. The van der Waals surface area contributed by atoms with Crippen LogP contribution >= 0.6 is 0 Å². The molecule has 1 aromatic carbocycles. The minimum Gasteiger partial charge on any atom is -0.379 e. The minimum absolute atomic E-state index is 0.185. The first kappa shape index (κ1) is 15.7. The summed E-state index contributed by atoms with van der Waals surface area (Å²) in [5, 5.41) is 2.64. The number of benzene rings is 1. The Morgan fingerprint density at radius 1 is 1.29 bits per heavy atom. The number of nitrogens with one attached hydrogen (secondary N) is 1. The Morgan fingerprint density at radius 2 is 1.90 bits per heavy atom. The van der Waals surface area contributed by atoms with Crippen LogP contribution in [0.3, 0.4) is 0 Å². The summed E-state index contributed by atoms with van der Waals surface area (Å²) in [4.78, 5) is 11.9. The summed E-state index contributed by atoms with van der Waals surface area (Å²) in [6.45, 7) is 5.39. The maximum absolute atomic E-state index is 12.4. The molecule has 114 valence electrons. The SMILES string of the molecule is C=CCNC(=O)c1ccc(S(=O)(=O)N2CCOCC2)cc1. The Labute approximate surface area is 124 Å². The standard InChI is InChI=1S/C14H18N2O4S/c1-2-7-15-14(17)12-3-5-13(6-4-12)21(18,19)16-8-10-20-11-9-16/h2-6H,1,7-11H2,(H,15,17). The average molecular weight is 310 g/mol. The highest BCUT2D eigenvalue weighted by Crippen LogP contribution is 2.17. The van der Waals surface area contributed by atoms with Crippen molar-refractivity contribution in [2.24, 2.45) is 0 Å². The Kier molecular flexibility index (Phi) is 5.11. The van der Waals surface area contributed by atoms with E-state index in [4.69, 9.17) is 4.74 Å². The van der Waals surface area contributed by atoms with E-state index < -0.39 is 10.0 Å². The molecule has 0 atom stereocenters. The number of ether oxygens (including phenoxy) is 1. The largest absolute Gasteiger partial charge is 0.379 e. The molecule has 21 heavy (non-hydrogen) atoms. The van der Waals surface area contributed by atoms with E-state index in [2.05, 4.69) is 11.9 Å². The summed E-state index contributed by atoms with van der Waals surface area (Å²) in [5.74, 6) is -0.259. The third-order valence-corrected chi connectivity index (χ3v) is 5.04. The molecule has 1 aromatic rings. The molecule has 1 saturated heterocycles. The van der Waals surface area contributed by atoms with Crippen LogP contribution in [0.25, 0.3) is 0 Å². The van der Waals surface area contributed by atoms with E-state index in [0.29, 0.717) is 38.4 Å². The van der Waals surface area contributed by atoms with E-state index in [1.165, 1.54) is 28.6 Å². The summed E-state index contributed by atoms with van der Waals surface area (Å²) in [7, 11) is -3.52. The predicted octanol–water partition coefficient (Wildman–Crippen LogP) is 0.623. The maximum atomic E-state index is 12.4. The van der Waals surface area contributed by atoms with Gasteiger partial charge in [-0.15, -0.1) is 6.58 Å². The van der Waals surface area contributed by atoms with E-state index >= 15 is 0 Å². The van der Waals surface area contributed by atoms with Crippen LogP contribution in [0.1, 0.15) is 10.4 Å². The molecule has 2 rings (SSSR count). The fourth-order valence-corrected chi connectivity index (χ4v) is 3.39. The van der Waals surface area contributed by atoms with Gasteiger partial charge in [0.2, 0.25) is 10.0 Å². The number of nitrogens with zero attached hydrogens (tertiary/aromatic N) is 1. The van der Waals surface area contributed by atoms with Crippen molar-refractivity contribution in [3.8, 4) is 0 Å². The zero-order valence-electron chi connectivity index (χ0n) is 11.6. The van der Waals surface area contributed by atoms with Crippen molar-refractivity contribution in [2.75, 3.05) is 32.8 Å². The molecule has 0 spiro atoms. The molecule has 1 aliphatic rings. The smallest absolute Gasteiger partial charge is 0.251 e. The van der Waals surface area contributed by atoms with Gasteiger partial charge in [-0.3, -0.25) is 4.79 Å². The van der Waals surface area contributed by atoms with Crippen LogP contribution in [0, 0.1) is 0 Å². The van der Waals surface area contributed by atoms with E-state index in [1.54, 1.807) is 6.08 Å².